The van der Waals surface area contributed by atoms with Crippen LogP contribution in [0.1, 0.15) is 43.1 Å². The zero-order valence-electron chi connectivity index (χ0n) is 14.2. The molecule has 0 spiro atoms. The molecule has 1 aromatic heterocycles. The molecule has 7 heteroatoms. The fourth-order valence-corrected chi connectivity index (χ4v) is 3.67. The number of aromatic amines is 1. The first-order valence-electron chi connectivity index (χ1n) is 8.26. The average Bonchev–Trinajstić information content (AvgIpc) is 3.01. The number of carboxylic acid groups (broad SMARTS) is 1. The third-order valence-corrected chi connectivity index (χ3v) is 5.07. The molecule has 6 nitrogen and oxygen atoms in total. The molecule has 1 fully saturated rings. The van der Waals surface area contributed by atoms with Crippen LogP contribution < -0.4 is 10.1 Å². The third-order valence-electron chi connectivity index (χ3n) is 5.07. The summed E-state index contributed by atoms with van der Waals surface area (Å²) in [6, 6.07) is 4.28. The lowest BCUT2D eigenvalue weighted by molar-refractivity contribution is -0.145. The molecule has 0 saturated heterocycles. The van der Waals surface area contributed by atoms with Crippen LogP contribution >= 0.6 is 0 Å². The van der Waals surface area contributed by atoms with Crippen LogP contribution in [0.2, 0.25) is 0 Å². The Morgan fingerprint density at radius 2 is 2.16 bits per heavy atom. The van der Waals surface area contributed by atoms with E-state index in [1.54, 1.807) is 6.92 Å². The minimum Gasteiger partial charge on any atom is -0.496 e. The van der Waals surface area contributed by atoms with E-state index in [2.05, 4.69) is 10.3 Å². The van der Waals surface area contributed by atoms with Gasteiger partial charge in [0, 0.05) is 5.39 Å². The number of ether oxygens (including phenoxy) is 1. The molecular weight excluding hydrogens is 327 g/mol. The van der Waals surface area contributed by atoms with Crippen molar-refractivity contribution < 1.29 is 23.8 Å². The van der Waals surface area contributed by atoms with Gasteiger partial charge in [0.05, 0.1) is 24.1 Å². The van der Waals surface area contributed by atoms with Gasteiger partial charge in [-0.15, -0.1) is 0 Å². The Morgan fingerprint density at radius 3 is 2.84 bits per heavy atom. The Kier molecular flexibility index (Phi) is 4.41. The number of hydrogen-bond donors (Lipinski definition) is 3. The molecule has 0 bridgehead atoms. The van der Waals surface area contributed by atoms with E-state index in [0.29, 0.717) is 24.0 Å². The predicted octanol–water partition coefficient (Wildman–Crippen LogP) is 3.08. The van der Waals surface area contributed by atoms with Gasteiger partial charge in [-0.05, 0) is 38.0 Å². The lowest BCUT2D eigenvalue weighted by Gasteiger charge is -2.39. The predicted molar refractivity (Wildman–Crippen MR) is 90.3 cm³/mol. The van der Waals surface area contributed by atoms with Gasteiger partial charge in [-0.1, -0.05) is 12.8 Å². The number of hydrogen-bond acceptors (Lipinski definition) is 3. The zero-order chi connectivity index (χ0) is 18.2. The van der Waals surface area contributed by atoms with Crippen LogP contribution in [0, 0.1) is 11.7 Å². The van der Waals surface area contributed by atoms with Gasteiger partial charge in [-0.25, -0.2) is 4.39 Å². The lowest BCUT2D eigenvalue weighted by atomic mass is 9.74. The molecule has 2 atom stereocenters. The summed E-state index contributed by atoms with van der Waals surface area (Å²) in [4.78, 5) is 27.0. The molecule has 25 heavy (non-hydrogen) atoms. The summed E-state index contributed by atoms with van der Waals surface area (Å²) in [6.07, 6.45) is 2.81. The molecule has 1 aliphatic rings. The van der Waals surface area contributed by atoms with Crippen LogP contribution in [0.15, 0.2) is 18.2 Å². The van der Waals surface area contributed by atoms with Crippen molar-refractivity contribution in [1.29, 1.82) is 0 Å². The standard InChI is InChI=1S/C18H21FN2O4/c1-18(8-4-3-5-11(18)17(23)24)21-16(22)13-9-10-14(25-2)7-6-12(19)15(10)20-13/h6-7,9,11,20H,3-5,8H2,1-2H3,(H,21,22)(H,23,24). The van der Waals surface area contributed by atoms with E-state index < -0.39 is 29.2 Å². The molecule has 1 aliphatic carbocycles. The smallest absolute Gasteiger partial charge is 0.308 e. The van der Waals surface area contributed by atoms with Crippen LogP contribution in [0.4, 0.5) is 4.39 Å². The molecule has 1 aromatic carbocycles. The lowest BCUT2D eigenvalue weighted by Crippen LogP contribution is -2.55. The van der Waals surface area contributed by atoms with Gasteiger partial charge in [0.25, 0.3) is 5.91 Å². The minimum atomic E-state index is -0.910. The van der Waals surface area contributed by atoms with E-state index in [9.17, 15) is 19.1 Å². The topological polar surface area (TPSA) is 91.4 Å². The number of nitrogens with one attached hydrogen (secondary N) is 2. The van der Waals surface area contributed by atoms with Crippen molar-refractivity contribution in [2.75, 3.05) is 7.11 Å². The van der Waals surface area contributed by atoms with Gasteiger partial charge in [-0.3, -0.25) is 9.59 Å². The second-order valence-corrected chi connectivity index (χ2v) is 6.73. The summed E-state index contributed by atoms with van der Waals surface area (Å²) in [5, 5.41) is 12.8. The maximum Gasteiger partial charge on any atom is 0.308 e. The van der Waals surface area contributed by atoms with Crippen LogP contribution in [-0.2, 0) is 4.79 Å². The summed E-state index contributed by atoms with van der Waals surface area (Å²) in [5.74, 6) is -2.03. The van der Waals surface area contributed by atoms with Crippen molar-refractivity contribution in [2.24, 2.45) is 5.92 Å². The number of rotatable bonds is 4. The number of aromatic nitrogens is 1. The Labute approximate surface area is 144 Å². The quantitative estimate of drug-likeness (QED) is 0.792. The number of carbonyl (C=O) groups excluding carboxylic acids is 1. The van der Waals surface area contributed by atoms with Gasteiger partial charge >= 0.3 is 5.97 Å². The second-order valence-electron chi connectivity index (χ2n) is 6.73. The number of amides is 1. The Bertz CT molecular complexity index is 832. The second kappa shape index (κ2) is 6.38. The van der Waals surface area contributed by atoms with Crippen LogP contribution in [0.3, 0.4) is 0 Å². The summed E-state index contributed by atoms with van der Waals surface area (Å²) < 4.78 is 19.2. The number of H-pyrrole nitrogens is 1. The molecule has 2 unspecified atom stereocenters. The Hall–Kier alpha value is -2.57. The number of carbonyl (C=O) groups is 2. The minimum absolute atomic E-state index is 0.175. The van der Waals surface area contributed by atoms with E-state index >= 15 is 0 Å². The molecule has 0 radical (unpaired) electrons. The van der Waals surface area contributed by atoms with Gasteiger partial charge in [0.2, 0.25) is 0 Å². The summed E-state index contributed by atoms with van der Waals surface area (Å²) in [5.41, 5.74) is -0.469. The van der Waals surface area contributed by atoms with Crippen molar-refractivity contribution >= 4 is 22.8 Å². The number of carboxylic acids is 1. The SMILES string of the molecule is COc1ccc(F)c2[nH]c(C(=O)NC3(C)CCCCC3C(=O)O)cc12. The first kappa shape index (κ1) is 17.3. The van der Waals surface area contributed by atoms with Crippen molar-refractivity contribution in [1.82, 2.24) is 10.3 Å². The van der Waals surface area contributed by atoms with E-state index in [-0.39, 0.29) is 11.2 Å². The largest absolute Gasteiger partial charge is 0.496 e. The zero-order valence-corrected chi connectivity index (χ0v) is 14.2. The molecule has 3 N–H and O–H groups in total. The average molecular weight is 348 g/mol. The maximum absolute atomic E-state index is 14.0. The normalized spacial score (nSPS) is 23.4. The van der Waals surface area contributed by atoms with Crippen molar-refractivity contribution in [3.8, 4) is 5.75 Å². The Balaban J connectivity index is 1.92. The number of methoxy groups -OCH3 is 1. The van der Waals surface area contributed by atoms with Crippen molar-refractivity contribution in [3.05, 3.63) is 29.7 Å². The first-order valence-corrected chi connectivity index (χ1v) is 8.26. The summed E-state index contributed by atoms with van der Waals surface area (Å²) in [7, 11) is 1.47. The van der Waals surface area contributed by atoms with E-state index in [1.165, 1.54) is 25.3 Å². The van der Waals surface area contributed by atoms with Crippen LogP contribution in [0.5, 0.6) is 5.75 Å². The number of benzene rings is 1. The fraction of sp³-hybridized carbons (Fsp3) is 0.444. The van der Waals surface area contributed by atoms with E-state index in [4.69, 9.17) is 4.74 Å². The molecule has 3 rings (SSSR count). The van der Waals surface area contributed by atoms with Crippen molar-refractivity contribution in [3.63, 3.8) is 0 Å². The summed E-state index contributed by atoms with van der Waals surface area (Å²) in [6.45, 7) is 1.76. The molecular formula is C18H21FN2O4. The van der Waals surface area contributed by atoms with Crippen LogP contribution in [0.25, 0.3) is 10.9 Å². The number of halogens is 1. The molecule has 1 amide bonds. The van der Waals surface area contributed by atoms with Crippen molar-refractivity contribution in [2.45, 2.75) is 38.1 Å². The fourth-order valence-electron chi connectivity index (χ4n) is 3.67. The third kappa shape index (κ3) is 3.06. The summed E-state index contributed by atoms with van der Waals surface area (Å²) >= 11 is 0. The van der Waals surface area contributed by atoms with Crippen LogP contribution in [-0.4, -0.2) is 34.6 Å². The molecule has 1 saturated carbocycles. The molecule has 1 heterocycles. The number of fused-ring (bicyclic) bond motifs is 1. The maximum atomic E-state index is 14.0. The molecule has 0 aliphatic heterocycles. The first-order chi connectivity index (χ1) is 11.9. The molecule has 2 aromatic rings. The highest BCUT2D eigenvalue weighted by molar-refractivity contribution is 6.00. The Morgan fingerprint density at radius 1 is 1.40 bits per heavy atom. The molecule has 134 valence electrons. The highest BCUT2D eigenvalue weighted by Gasteiger charge is 2.42. The van der Waals surface area contributed by atoms with E-state index in [0.717, 1.165) is 12.8 Å². The van der Waals surface area contributed by atoms with Gasteiger partial charge in [0.15, 0.2) is 0 Å². The van der Waals surface area contributed by atoms with Gasteiger partial charge < -0.3 is 20.1 Å². The van der Waals surface area contributed by atoms with Gasteiger partial charge in [0.1, 0.15) is 17.3 Å². The number of aliphatic carboxylic acids is 1. The highest BCUT2D eigenvalue weighted by atomic mass is 19.1. The monoisotopic (exact) mass is 348 g/mol. The van der Waals surface area contributed by atoms with Gasteiger partial charge in [-0.2, -0.15) is 0 Å². The van der Waals surface area contributed by atoms with E-state index in [1.807, 2.05) is 0 Å². The highest BCUT2D eigenvalue weighted by Crippen LogP contribution is 2.34.